The van der Waals surface area contributed by atoms with Gasteiger partial charge in [-0.3, -0.25) is 4.68 Å². The molecule has 1 aromatic heterocycles. The fourth-order valence-electron chi connectivity index (χ4n) is 2.32. The molecule has 1 aromatic rings. The van der Waals surface area contributed by atoms with Gasteiger partial charge in [0.1, 0.15) is 5.69 Å². The summed E-state index contributed by atoms with van der Waals surface area (Å²) >= 11 is 0. The average molecular weight is 240 g/mol. The Morgan fingerprint density at radius 1 is 1.71 bits per heavy atom. The van der Waals surface area contributed by atoms with E-state index in [1.807, 2.05) is 7.05 Å². The van der Waals surface area contributed by atoms with Crippen LogP contribution in [0.1, 0.15) is 37.5 Å². The van der Waals surface area contributed by atoms with Gasteiger partial charge in [-0.15, -0.1) is 0 Å². The minimum atomic E-state index is -0.540. The van der Waals surface area contributed by atoms with Crippen molar-refractivity contribution in [3.05, 3.63) is 11.9 Å². The van der Waals surface area contributed by atoms with E-state index < -0.39 is 6.10 Å². The zero-order valence-electron chi connectivity index (χ0n) is 10.4. The molecule has 0 amide bonds. The zero-order chi connectivity index (χ0) is 12.3. The molecule has 1 aliphatic heterocycles. The maximum Gasteiger partial charge on any atom is 0.162 e. The molecule has 0 spiro atoms. The van der Waals surface area contributed by atoms with E-state index in [1.54, 1.807) is 18.0 Å². The first-order valence-corrected chi connectivity index (χ1v) is 6.08. The van der Waals surface area contributed by atoms with Gasteiger partial charge in [0, 0.05) is 13.7 Å². The lowest BCUT2D eigenvalue weighted by molar-refractivity contribution is 0.0784. The maximum atomic E-state index is 10.2. The summed E-state index contributed by atoms with van der Waals surface area (Å²) in [6.45, 7) is 0.857. The van der Waals surface area contributed by atoms with E-state index >= 15 is 0 Å². The van der Waals surface area contributed by atoms with Crippen molar-refractivity contribution in [2.24, 2.45) is 7.05 Å². The van der Waals surface area contributed by atoms with Crippen LogP contribution in [0.15, 0.2) is 6.20 Å². The highest BCUT2D eigenvalue weighted by atomic mass is 16.5. The molecule has 2 unspecified atom stereocenters. The fraction of sp³-hybridized carbons (Fsp3) is 0.750. The monoisotopic (exact) mass is 240 g/mol. The molecule has 96 valence electrons. The fourth-order valence-corrected chi connectivity index (χ4v) is 2.32. The summed E-state index contributed by atoms with van der Waals surface area (Å²) in [6, 6.07) is 0. The Labute approximate surface area is 101 Å². The summed E-state index contributed by atoms with van der Waals surface area (Å²) in [5.74, 6) is 0.646. The lowest BCUT2D eigenvalue weighted by Crippen LogP contribution is -2.11. The highest BCUT2D eigenvalue weighted by molar-refractivity contribution is 5.26. The van der Waals surface area contributed by atoms with Crippen LogP contribution in [0.4, 0.5) is 0 Å². The second kappa shape index (κ2) is 5.51. The van der Waals surface area contributed by atoms with Crippen molar-refractivity contribution in [2.45, 2.75) is 37.9 Å². The third-order valence-electron chi connectivity index (χ3n) is 3.27. The molecular weight excluding hydrogens is 220 g/mol. The zero-order valence-corrected chi connectivity index (χ0v) is 10.4. The molecule has 2 atom stereocenters. The largest absolute Gasteiger partial charge is 0.493 e. The van der Waals surface area contributed by atoms with Crippen LogP contribution >= 0.6 is 0 Å². The first kappa shape index (κ1) is 12.4. The first-order valence-electron chi connectivity index (χ1n) is 6.08. The van der Waals surface area contributed by atoms with Crippen molar-refractivity contribution in [1.29, 1.82) is 0 Å². The summed E-state index contributed by atoms with van der Waals surface area (Å²) in [5, 5.41) is 14.3. The molecule has 0 aliphatic carbocycles. The van der Waals surface area contributed by atoms with E-state index in [-0.39, 0.29) is 0 Å². The quantitative estimate of drug-likeness (QED) is 0.845. The number of hydrogen-bond acceptors (Lipinski definition) is 4. The minimum absolute atomic E-state index is 0.309. The van der Waals surface area contributed by atoms with Gasteiger partial charge in [0.25, 0.3) is 0 Å². The number of hydrogen-bond donors (Lipinski definition) is 1. The molecule has 1 aliphatic rings. The summed E-state index contributed by atoms with van der Waals surface area (Å²) in [4.78, 5) is 0. The highest BCUT2D eigenvalue weighted by Gasteiger charge is 2.21. The molecule has 1 fully saturated rings. The van der Waals surface area contributed by atoms with Crippen LogP contribution in [0.2, 0.25) is 0 Å². The minimum Gasteiger partial charge on any atom is -0.493 e. The van der Waals surface area contributed by atoms with Gasteiger partial charge in [-0.1, -0.05) is 0 Å². The van der Waals surface area contributed by atoms with Gasteiger partial charge < -0.3 is 14.6 Å². The standard InChI is InChI=1S/C12H20N2O3/c1-14-12(11(16-2)8-13-14)10(15)6-5-9-4-3-7-17-9/h8-10,15H,3-7H2,1-2H3. The van der Waals surface area contributed by atoms with Crippen LogP contribution in [-0.2, 0) is 11.8 Å². The number of aliphatic hydroxyl groups is 1. The van der Waals surface area contributed by atoms with E-state index in [9.17, 15) is 5.11 Å². The molecule has 5 nitrogen and oxygen atoms in total. The summed E-state index contributed by atoms with van der Waals surface area (Å²) < 4.78 is 12.4. The molecule has 2 heterocycles. The van der Waals surface area contributed by atoms with Gasteiger partial charge in [0.2, 0.25) is 0 Å². The number of aryl methyl sites for hydroxylation is 1. The first-order chi connectivity index (χ1) is 8.22. The molecule has 1 saturated heterocycles. The maximum absolute atomic E-state index is 10.2. The second-order valence-electron chi connectivity index (χ2n) is 4.45. The van der Waals surface area contributed by atoms with Crippen LogP contribution in [0.3, 0.4) is 0 Å². The number of methoxy groups -OCH3 is 1. The SMILES string of the molecule is COc1cnn(C)c1C(O)CCC1CCCO1. The Balaban J connectivity index is 1.93. The molecule has 5 heteroatoms. The normalized spacial score (nSPS) is 21.7. The Morgan fingerprint density at radius 2 is 2.53 bits per heavy atom. The number of rotatable bonds is 5. The molecule has 17 heavy (non-hydrogen) atoms. The smallest absolute Gasteiger partial charge is 0.162 e. The van der Waals surface area contributed by atoms with E-state index in [4.69, 9.17) is 9.47 Å². The van der Waals surface area contributed by atoms with Crippen molar-refractivity contribution >= 4 is 0 Å². The van der Waals surface area contributed by atoms with Crippen molar-refractivity contribution in [3.63, 3.8) is 0 Å². The van der Waals surface area contributed by atoms with Crippen LogP contribution < -0.4 is 4.74 Å². The molecule has 2 rings (SSSR count). The third-order valence-corrected chi connectivity index (χ3v) is 3.27. The number of aromatic nitrogens is 2. The predicted molar refractivity (Wildman–Crippen MR) is 62.9 cm³/mol. The van der Waals surface area contributed by atoms with Crippen molar-refractivity contribution < 1.29 is 14.6 Å². The van der Waals surface area contributed by atoms with Gasteiger partial charge in [0.05, 0.1) is 25.5 Å². The average Bonchev–Trinajstić information content (AvgIpc) is 2.94. The molecule has 0 saturated carbocycles. The highest BCUT2D eigenvalue weighted by Crippen LogP contribution is 2.29. The van der Waals surface area contributed by atoms with Crippen molar-refractivity contribution in [1.82, 2.24) is 9.78 Å². The van der Waals surface area contributed by atoms with Gasteiger partial charge >= 0.3 is 0 Å². The molecule has 0 aromatic carbocycles. The third kappa shape index (κ3) is 2.79. The van der Waals surface area contributed by atoms with Gasteiger partial charge in [-0.2, -0.15) is 5.10 Å². The lowest BCUT2D eigenvalue weighted by Gasteiger charge is -2.15. The molecule has 0 bridgehead atoms. The van der Waals surface area contributed by atoms with Crippen LogP contribution in [0.5, 0.6) is 5.75 Å². The van der Waals surface area contributed by atoms with Gasteiger partial charge in [0.15, 0.2) is 5.75 Å². The predicted octanol–water partition coefficient (Wildman–Crippen LogP) is 1.42. The second-order valence-corrected chi connectivity index (χ2v) is 4.45. The number of nitrogens with zero attached hydrogens (tertiary/aromatic N) is 2. The van der Waals surface area contributed by atoms with Gasteiger partial charge in [-0.25, -0.2) is 0 Å². The van der Waals surface area contributed by atoms with Crippen LogP contribution in [0.25, 0.3) is 0 Å². The van der Waals surface area contributed by atoms with E-state index in [2.05, 4.69) is 5.10 Å². The summed E-state index contributed by atoms with van der Waals surface area (Å²) in [6.07, 6.45) is 5.21. The van der Waals surface area contributed by atoms with E-state index in [1.165, 1.54) is 0 Å². The molecule has 1 N–H and O–H groups in total. The Kier molecular flexibility index (Phi) is 4.02. The van der Waals surface area contributed by atoms with Crippen molar-refractivity contribution in [3.8, 4) is 5.75 Å². The topological polar surface area (TPSA) is 56.5 Å². The Hall–Kier alpha value is -1.07. The van der Waals surface area contributed by atoms with Crippen molar-refractivity contribution in [2.75, 3.05) is 13.7 Å². The Morgan fingerprint density at radius 3 is 3.18 bits per heavy atom. The van der Waals surface area contributed by atoms with Crippen LogP contribution in [-0.4, -0.2) is 34.7 Å². The van der Waals surface area contributed by atoms with E-state index in [0.29, 0.717) is 18.3 Å². The number of ether oxygens (including phenoxy) is 2. The molecular formula is C12H20N2O3. The van der Waals surface area contributed by atoms with Gasteiger partial charge in [-0.05, 0) is 25.7 Å². The molecule has 0 radical (unpaired) electrons. The summed E-state index contributed by atoms with van der Waals surface area (Å²) in [7, 11) is 3.40. The van der Waals surface area contributed by atoms with Crippen LogP contribution in [0, 0.1) is 0 Å². The lowest BCUT2D eigenvalue weighted by atomic mass is 10.1. The van der Waals surface area contributed by atoms with E-state index in [0.717, 1.165) is 31.6 Å². The number of aliphatic hydroxyl groups excluding tert-OH is 1. The Bertz CT molecular complexity index is 359. The summed E-state index contributed by atoms with van der Waals surface area (Å²) in [5.41, 5.74) is 0.741.